The Morgan fingerprint density at radius 1 is 1.16 bits per heavy atom. The number of nitrogens with two attached hydrogens (primary N) is 1. The minimum atomic E-state index is -0.679. The van der Waals surface area contributed by atoms with E-state index in [0.717, 1.165) is 50.5 Å². The Bertz CT molecular complexity index is 883. The summed E-state index contributed by atoms with van der Waals surface area (Å²) in [5, 5.41) is 7.69. The monoisotopic (exact) mass is 463 g/mol. The molecule has 2 aromatic rings. The van der Waals surface area contributed by atoms with E-state index in [2.05, 4.69) is 42.0 Å². The van der Waals surface area contributed by atoms with Crippen LogP contribution in [0, 0.1) is 0 Å². The number of H-pyrrole nitrogens is 1. The number of benzene rings is 1. The van der Waals surface area contributed by atoms with Gasteiger partial charge in [0.05, 0.1) is 12.7 Å². The van der Waals surface area contributed by atoms with Gasteiger partial charge in [-0.1, -0.05) is 23.7 Å². The molecule has 2 atom stereocenters. The number of halogens is 2. The van der Waals surface area contributed by atoms with Gasteiger partial charge in [0.15, 0.2) is 0 Å². The molecular formula is C22H31ClFN7O. The molecule has 0 saturated carbocycles. The predicted molar refractivity (Wildman–Crippen MR) is 123 cm³/mol. The molecule has 174 valence electrons. The zero-order chi connectivity index (χ0) is 22.1. The average Bonchev–Trinajstić information content (AvgIpc) is 3.22. The van der Waals surface area contributed by atoms with Crippen LogP contribution in [0.25, 0.3) is 0 Å². The fourth-order valence-electron chi connectivity index (χ4n) is 5.15. The Kier molecular flexibility index (Phi) is 6.50. The molecule has 0 unspecified atom stereocenters. The highest BCUT2D eigenvalue weighted by Crippen LogP contribution is 2.27. The summed E-state index contributed by atoms with van der Waals surface area (Å²) in [5.74, 6) is 1.03. The van der Waals surface area contributed by atoms with Crippen molar-refractivity contribution in [3.63, 3.8) is 0 Å². The Morgan fingerprint density at radius 2 is 1.91 bits per heavy atom. The first-order valence-electron chi connectivity index (χ1n) is 11.4. The maximum atomic E-state index is 13.3. The number of nitrogen functional groups attached to an aromatic ring is 1. The molecule has 0 spiro atoms. The van der Waals surface area contributed by atoms with Gasteiger partial charge >= 0.3 is 0 Å². The number of nitrogens with one attached hydrogen (secondary N) is 1. The van der Waals surface area contributed by atoms with E-state index in [9.17, 15) is 4.39 Å². The molecular weight excluding hydrogens is 433 g/mol. The Morgan fingerprint density at radius 3 is 2.56 bits per heavy atom. The zero-order valence-electron chi connectivity index (χ0n) is 18.2. The van der Waals surface area contributed by atoms with Crippen molar-refractivity contribution in [2.45, 2.75) is 43.6 Å². The molecule has 1 aromatic carbocycles. The molecule has 8 nitrogen and oxygen atoms in total. The highest BCUT2D eigenvalue weighted by molar-refractivity contribution is 6.30. The van der Waals surface area contributed by atoms with E-state index in [1.54, 1.807) is 0 Å². The number of morpholine rings is 1. The maximum Gasteiger partial charge on any atom is 0.246 e. The highest BCUT2D eigenvalue weighted by Gasteiger charge is 2.37. The summed E-state index contributed by atoms with van der Waals surface area (Å²) < 4.78 is 19.5. The topological polar surface area (TPSA) is 86.5 Å². The van der Waals surface area contributed by atoms with Crippen LogP contribution in [0.4, 0.5) is 16.3 Å². The molecule has 0 bridgehead atoms. The van der Waals surface area contributed by atoms with Crippen molar-refractivity contribution in [1.29, 1.82) is 0 Å². The lowest BCUT2D eigenvalue weighted by atomic mass is 9.96. The van der Waals surface area contributed by atoms with Crippen molar-refractivity contribution in [1.82, 2.24) is 25.0 Å². The number of rotatable bonds is 6. The number of hydrogen-bond acceptors (Lipinski definition) is 7. The summed E-state index contributed by atoms with van der Waals surface area (Å²) in [5.41, 5.74) is 6.96. The molecule has 0 aliphatic carbocycles. The van der Waals surface area contributed by atoms with Crippen molar-refractivity contribution >= 4 is 23.5 Å². The summed E-state index contributed by atoms with van der Waals surface area (Å²) >= 11 is 6.08. The first kappa shape index (κ1) is 21.9. The lowest BCUT2D eigenvalue weighted by Crippen LogP contribution is -2.60. The third-order valence-corrected chi connectivity index (χ3v) is 7.13. The number of likely N-dealkylation sites (tertiary alicyclic amines) is 1. The van der Waals surface area contributed by atoms with Crippen LogP contribution in [0.2, 0.25) is 5.02 Å². The van der Waals surface area contributed by atoms with Gasteiger partial charge in [-0.25, -0.2) is 9.49 Å². The molecule has 3 saturated heterocycles. The number of nitrogens with zero attached hydrogens (tertiary/aromatic N) is 5. The zero-order valence-corrected chi connectivity index (χ0v) is 18.9. The third kappa shape index (κ3) is 5.01. The standard InChI is InChI=1S/C22H31ClFN7O/c23-16-3-1-15(2-4-16)9-19-14-32-20(12-29-10-17(24)11-29)13-31(19)18-5-7-30(8-6-18)22-26-21(25)27-28-22/h1-4,17-20H,5-14H2,(H3,25,26,27,28)/t19-,20-/m0/s1. The number of aromatic nitrogens is 3. The van der Waals surface area contributed by atoms with Crippen LogP contribution in [-0.4, -0.2) is 95.2 Å². The van der Waals surface area contributed by atoms with Gasteiger partial charge < -0.3 is 15.4 Å². The fourth-order valence-corrected chi connectivity index (χ4v) is 5.28. The Labute approximate surface area is 192 Å². The second kappa shape index (κ2) is 9.51. The molecule has 3 aliphatic heterocycles. The number of anilines is 2. The van der Waals surface area contributed by atoms with Crippen LogP contribution >= 0.6 is 11.6 Å². The summed E-state index contributed by atoms with van der Waals surface area (Å²) in [6.07, 6.45) is 2.44. The van der Waals surface area contributed by atoms with Crippen molar-refractivity contribution in [3.05, 3.63) is 34.9 Å². The lowest BCUT2D eigenvalue weighted by molar-refractivity contribution is -0.101. The molecule has 10 heteroatoms. The van der Waals surface area contributed by atoms with Crippen molar-refractivity contribution in [3.8, 4) is 0 Å². The van der Waals surface area contributed by atoms with Gasteiger partial charge in [0.2, 0.25) is 11.9 Å². The minimum Gasteiger partial charge on any atom is -0.374 e. The summed E-state index contributed by atoms with van der Waals surface area (Å²) in [4.78, 5) is 11.3. The van der Waals surface area contributed by atoms with Gasteiger partial charge in [-0.3, -0.25) is 9.80 Å². The van der Waals surface area contributed by atoms with Crippen molar-refractivity contribution in [2.24, 2.45) is 0 Å². The normalized spacial score (nSPS) is 26.4. The van der Waals surface area contributed by atoms with Gasteiger partial charge in [0, 0.05) is 56.4 Å². The number of aromatic amines is 1. The number of alkyl halides is 1. The highest BCUT2D eigenvalue weighted by atomic mass is 35.5. The molecule has 0 radical (unpaired) electrons. The summed E-state index contributed by atoms with van der Waals surface area (Å²) in [6, 6.07) is 8.89. The van der Waals surface area contributed by atoms with E-state index in [1.807, 2.05) is 12.1 Å². The fraction of sp³-hybridized carbons (Fsp3) is 0.636. The van der Waals surface area contributed by atoms with E-state index >= 15 is 0 Å². The molecule has 32 heavy (non-hydrogen) atoms. The van der Waals surface area contributed by atoms with Crippen molar-refractivity contribution < 1.29 is 9.13 Å². The third-order valence-electron chi connectivity index (χ3n) is 6.87. The van der Waals surface area contributed by atoms with Gasteiger partial charge in [0.1, 0.15) is 6.17 Å². The molecule has 5 rings (SSSR count). The molecule has 3 fully saturated rings. The number of piperidine rings is 1. The molecule has 3 aliphatic rings. The minimum absolute atomic E-state index is 0.120. The largest absolute Gasteiger partial charge is 0.374 e. The molecule has 3 N–H and O–H groups in total. The van der Waals surface area contributed by atoms with E-state index in [4.69, 9.17) is 22.1 Å². The van der Waals surface area contributed by atoms with E-state index in [1.165, 1.54) is 5.56 Å². The lowest BCUT2D eigenvalue weighted by Gasteiger charge is -2.48. The second-order valence-electron chi connectivity index (χ2n) is 9.19. The number of hydrogen-bond donors (Lipinski definition) is 2. The molecule has 1 aromatic heterocycles. The second-order valence-corrected chi connectivity index (χ2v) is 9.63. The van der Waals surface area contributed by atoms with Crippen molar-refractivity contribution in [2.75, 3.05) is 56.5 Å². The molecule has 4 heterocycles. The van der Waals surface area contributed by atoms with Crippen LogP contribution in [0.5, 0.6) is 0 Å². The van der Waals surface area contributed by atoms with Gasteiger partial charge in [0.25, 0.3) is 0 Å². The summed E-state index contributed by atoms with van der Waals surface area (Å²) in [6.45, 7) is 5.24. The quantitative estimate of drug-likeness (QED) is 0.677. The Balaban J connectivity index is 1.24. The first-order chi connectivity index (χ1) is 15.5. The van der Waals surface area contributed by atoms with Gasteiger partial charge in [-0.15, -0.1) is 5.10 Å². The molecule has 0 amide bonds. The van der Waals surface area contributed by atoms with Gasteiger partial charge in [-0.05, 0) is 37.0 Å². The van der Waals surface area contributed by atoms with E-state index in [-0.39, 0.29) is 6.10 Å². The summed E-state index contributed by atoms with van der Waals surface area (Å²) in [7, 11) is 0. The first-order valence-corrected chi connectivity index (χ1v) is 11.8. The van der Waals surface area contributed by atoms with E-state index in [0.29, 0.717) is 43.7 Å². The smallest absolute Gasteiger partial charge is 0.246 e. The predicted octanol–water partition coefficient (Wildman–Crippen LogP) is 1.97. The number of ether oxygens (including phenoxy) is 1. The van der Waals surface area contributed by atoms with Crippen LogP contribution in [-0.2, 0) is 11.2 Å². The van der Waals surface area contributed by atoms with E-state index < -0.39 is 6.17 Å². The SMILES string of the molecule is Nc1nc(N2CCC(N3C[C@H](CN4CC(F)C4)OC[C@@H]3Cc3ccc(Cl)cc3)CC2)n[nH]1. The van der Waals surface area contributed by atoms with Crippen LogP contribution in [0.1, 0.15) is 18.4 Å². The average molecular weight is 464 g/mol. The van der Waals surface area contributed by atoms with Crippen LogP contribution in [0.3, 0.4) is 0 Å². The van der Waals surface area contributed by atoms with Crippen LogP contribution < -0.4 is 10.6 Å². The maximum absolute atomic E-state index is 13.3. The van der Waals surface area contributed by atoms with Gasteiger partial charge in [-0.2, -0.15) is 4.98 Å². The Hall–Kier alpha value is -1.94. The van der Waals surface area contributed by atoms with Crippen LogP contribution in [0.15, 0.2) is 24.3 Å².